The number of rotatable bonds is 2. The summed E-state index contributed by atoms with van der Waals surface area (Å²) >= 11 is 1.75. The summed E-state index contributed by atoms with van der Waals surface area (Å²) in [7, 11) is 0. The summed E-state index contributed by atoms with van der Waals surface area (Å²) in [6.07, 6.45) is 1.47. The molecule has 0 aromatic carbocycles. The zero-order chi connectivity index (χ0) is 9.26. The van der Waals surface area contributed by atoms with Crippen LogP contribution >= 0.6 is 11.3 Å². The van der Waals surface area contributed by atoms with Crippen molar-refractivity contribution < 1.29 is 4.74 Å². The standard InChI is InChI=1S/C10H15NOS/c1-7-5-13-6-10(7)11-9-3-4-12-8(9)2/h5-6,8-9,11H,3-4H2,1-2H3. The maximum absolute atomic E-state index is 5.49. The number of hydrogen-bond acceptors (Lipinski definition) is 3. The van der Waals surface area contributed by atoms with E-state index in [-0.39, 0.29) is 0 Å². The zero-order valence-electron chi connectivity index (χ0n) is 8.04. The van der Waals surface area contributed by atoms with Crippen molar-refractivity contribution >= 4 is 17.0 Å². The van der Waals surface area contributed by atoms with Gasteiger partial charge in [0.1, 0.15) is 0 Å². The van der Waals surface area contributed by atoms with Crippen LogP contribution in [-0.4, -0.2) is 18.8 Å². The lowest BCUT2D eigenvalue weighted by Crippen LogP contribution is -2.26. The van der Waals surface area contributed by atoms with Crippen molar-refractivity contribution in [3.05, 3.63) is 16.3 Å². The largest absolute Gasteiger partial charge is 0.379 e. The van der Waals surface area contributed by atoms with E-state index in [9.17, 15) is 0 Å². The monoisotopic (exact) mass is 197 g/mol. The summed E-state index contributed by atoms with van der Waals surface area (Å²) in [6, 6.07) is 0.494. The molecule has 0 bridgehead atoms. The minimum atomic E-state index is 0.347. The van der Waals surface area contributed by atoms with Crippen molar-refractivity contribution in [1.29, 1.82) is 0 Å². The minimum Gasteiger partial charge on any atom is -0.379 e. The summed E-state index contributed by atoms with van der Waals surface area (Å²) < 4.78 is 5.49. The first kappa shape index (κ1) is 9.03. The van der Waals surface area contributed by atoms with E-state index in [2.05, 4.69) is 29.9 Å². The second kappa shape index (κ2) is 3.68. The molecule has 1 fully saturated rings. The van der Waals surface area contributed by atoms with Gasteiger partial charge < -0.3 is 10.1 Å². The third-order valence-corrected chi connectivity index (χ3v) is 3.43. The van der Waals surface area contributed by atoms with Crippen LogP contribution in [-0.2, 0) is 4.74 Å². The number of hydrogen-bond donors (Lipinski definition) is 1. The summed E-state index contributed by atoms with van der Waals surface area (Å²) in [5.41, 5.74) is 2.61. The Morgan fingerprint density at radius 1 is 1.54 bits per heavy atom. The molecule has 2 unspecified atom stereocenters. The number of ether oxygens (including phenoxy) is 1. The van der Waals surface area contributed by atoms with Crippen LogP contribution in [0.4, 0.5) is 5.69 Å². The van der Waals surface area contributed by atoms with Gasteiger partial charge in [-0.1, -0.05) is 0 Å². The van der Waals surface area contributed by atoms with E-state index in [1.54, 1.807) is 11.3 Å². The molecule has 2 rings (SSSR count). The van der Waals surface area contributed by atoms with Crippen LogP contribution in [0.1, 0.15) is 18.9 Å². The van der Waals surface area contributed by atoms with Gasteiger partial charge in [0.15, 0.2) is 0 Å². The van der Waals surface area contributed by atoms with E-state index in [1.165, 1.54) is 11.3 Å². The van der Waals surface area contributed by atoms with E-state index in [0.717, 1.165) is 13.0 Å². The molecule has 1 aliphatic rings. The Balaban J connectivity index is 2.01. The fraction of sp³-hybridized carbons (Fsp3) is 0.600. The highest BCUT2D eigenvalue weighted by molar-refractivity contribution is 7.08. The van der Waals surface area contributed by atoms with Gasteiger partial charge in [-0.2, -0.15) is 0 Å². The van der Waals surface area contributed by atoms with Crippen LogP contribution in [0.3, 0.4) is 0 Å². The van der Waals surface area contributed by atoms with Gasteiger partial charge in [0.05, 0.1) is 12.1 Å². The van der Waals surface area contributed by atoms with Crippen LogP contribution in [0.15, 0.2) is 10.8 Å². The van der Waals surface area contributed by atoms with Crippen LogP contribution < -0.4 is 5.32 Å². The Kier molecular flexibility index (Phi) is 2.56. The Hall–Kier alpha value is -0.540. The maximum Gasteiger partial charge on any atom is 0.0748 e. The van der Waals surface area contributed by atoms with E-state index in [1.807, 2.05) is 0 Å². The van der Waals surface area contributed by atoms with Gasteiger partial charge in [-0.15, -0.1) is 11.3 Å². The topological polar surface area (TPSA) is 21.3 Å². The van der Waals surface area contributed by atoms with Gasteiger partial charge in [-0.05, 0) is 31.2 Å². The highest BCUT2D eigenvalue weighted by atomic mass is 32.1. The first-order valence-corrected chi connectivity index (χ1v) is 5.62. The average Bonchev–Trinajstić information content (AvgIpc) is 2.65. The second-order valence-corrected chi connectivity index (χ2v) is 4.33. The first-order chi connectivity index (χ1) is 6.27. The van der Waals surface area contributed by atoms with Crippen molar-refractivity contribution in [2.75, 3.05) is 11.9 Å². The molecule has 1 aliphatic heterocycles. The molecule has 0 saturated carbocycles. The minimum absolute atomic E-state index is 0.347. The zero-order valence-corrected chi connectivity index (χ0v) is 8.86. The fourth-order valence-corrected chi connectivity index (χ4v) is 2.42. The van der Waals surface area contributed by atoms with Crippen molar-refractivity contribution in [2.24, 2.45) is 0 Å². The van der Waals surface area contributed by atoms with E-state index in [0.29, 0.717) is 12.1 Å². The summed E-state index contributed by atoms with van der Waals surface area (Å²) in [5, 5.41) is 7.86. The summed E-state index contributed by atoms with van der Waals surface area (Å²) in [4.78, 5) is 0. The molecular formula is C10H15NOS. The molecule has 2 atom stereocenters. The van der Waals surface area contributed by atoms with Crippen molar-refractivity contribution in [2.45, 2.75) is 32.4 Å². The molecule has 3 heteroatoms. The molecule has 0 radical (unpaired) electrons. The van der Waals surface area contributed by atoms with Gasteiger partial charge in [-0.25, -0.2) is 0 Å². The SMILES string of the molecule is Cc1cscc1NC1CCOC1C. The molecule has 2 heterocycles. The highest BCUT2D eigenvalue weighted by Crippen LogP contribution is 2.24. The lowest BCUT2D eigenvalue weighted by molar-refractivity contribution is 0.121. The lowest BCUT2D eigenvalue weighted by Gasteiger charge is -2.16. The Bertz CT molecular complexity index is 284. The average molecular weight is 197 g/mol. The molecule has 72 valence electrons. The molecule has 1 aromatic heterocycles. The van der Waals surface area contributed by atoms with E-state index in [4.69, 9.17) is 4.74 Å². The van der Waals surface area contributed by atoms with Crippen LogP contribution in [0.5, 0.6) is 0 Å². The normalized spacial score (nSPS) is 27.8. The van der Waals surface area contributed by atoms with Gasteiger partial charge in [0, 0.05) is 17.7 Å². The molecule has 2 nitrogen and oxygen atoms in total. The number of aryl methyl sites for hydroxylation is 1. The van der Waals surface area contributed by atoms with Gasteiger partial charge >= 0.3 is 0 Å². The lowest BCUT2D eigenvalue weighted by atomic mass is 10.1. The molecule has 1 aromatic rings. The number of nitrogens with one attached hydrogen (secondary N) is 1. The van der Waals surface area contributed by atoms with Crippen molar-refractivity contribution in [1.82, 2.24) is 0 Å². The molecule has 0 amide bonds. The summed E-state index contributed by atoms with van der Waals surface area (Å²) in [6.45, 7) is 5.16. The first-order valence-electron chi connectivity index (χ1n) is 4.68. The molecule has 1 saturated heterocycles. The molecule has 0 aliphatic carbocycles. The van der Waals surface area contributed by atoms with Crippen molar-refractivity contribution in [3.8, 4) is 0 Å². The van der Waals surface area contributed by atoms with Crippen LogP contribution in [0, 0.1) is 6.92 Å². The van der Waals surface area contributed by atoms with Crippen molar-refractivity contribution in [3.63, 3.8) is 0 Å². The highest BCUT2D eigenvalue weighted by Gasteiger charge is 2.24. The van der Waals surface area contributed by atoms with Crippen LogP contribution in [0.25, 0.3) is 0 Å². The predicted octanol–water partition coefficient (Wildman–Crippen LogP) is 2.65. The molecule has 13 heavy (non-hydrogen) atoms. The van der Waals surface area contributed by atoms with Crippen LogP contribution in [0.2, 0.25) is 0 Å². The van der Waals surface area contributed by atoms with Gasteiger partial charge in [0.2, 0.25) is 0 Å². The van der Waals surface area contributed by atoms with Gasteiger partial charge in [-0.3, -0.25) is 0 Å². The molecule has 1 N–H and O–H groups in total. The smallest absolute Gasteiger partial charge is 0.0748 e. The second-order valence-electron chi connectivity index (χ2n) is 3.58. The van der Waals surface area contributed by atoms with E-state index < -0.39 is 0 Å². The quantitative estimate of drug-likeness (QED) is 0.787. The van der Waals surface area contributed by atoms with E-state index >= 15 is 0 Å². The fourth-order valence-electron chi connectivity index (χ4n) is 1.63. The maximum atomic E-state index is 5.49. The third-order valence-electron chi connectivity index (χ3n) is 2.57. The summed E-state index contributed by atoms with van der Waals surface area (Å²) in [5.74, 6) is 0. The Labute approximate surface area is 82.9 Å². The molecular weight excluding hydrogens is 182 g/mol. The number of anilines is 1. The number of thiophene rings is 1. The molecule has 0 spiro atoms. The Morgan fingerprint density at radius 3 is 2.92 bits per heavy atom. The predicted molar refractivity (Wildman–Crippen MR) is 56.5 cm³/mol. The third kappa shape index (κ3) is 1.86. The Morgan fingerprint density at radius 2 is 2.38 bits per heavy atom. The van der Waals surface area contributed by atoms with Gasteiger partial charge in [0.25, 0.3) is 0 Å².